The number of carbonyl (C=O) groups excluding carboxylic acids is 2. The Morgan fingerprint density at radius 3 is 2.43 bits per heavy atom. The summed E-state index contributed by atoms with van der Waals surface area (Å²) in [6.45, 7) is 2.47. The Morgan fingerprint density at radius 2 is 1.86 bits per heavy atom. The number of nitrogens with two attached hydrogens (primary N) is 1. The third-order valence-corrected chi connectivity index (χ3v) is 4.33. The summed E-state index contributed by atoms with van der Waals surface area (Å²) < 4.78 is 0. The Balaban J connectivity index is 2.01. The highest BCUT2D eigenvalue weighted by molar-refractivity contribution is 5.96. The molecule has 5 nitrogen and oxygen atoms in total. The summed E-state index contributed by atoms with van der Waals surface area (Å²) in [7, 11) is 0. The highest BCUT2D eigenvalue weighted by Gasteiger charge is 2.35. The first-order valence-electron chi connectivity index (χ1n) is 7.43. The third-order valence-electron chi connectivity index (χ3n) is 4.33. The summed E-state index contributed by atoms with van der Waals surface area (Å²) in [5.74, 6) is -0.385. The fraction of sp³-hybridized carbons (Fsp3) is 0.500. The molecule has 0 unspecified atom stereocenters. The number of imide groups is 1. The number of amides is 3. The molecule has 3 amide bonds. The molecule has 1 aliphatic carbocycles. The molecule has 4 N–H and O–H groups in total. The van der Waals surface area contributed by atoms with Crippen LogP contribution in [0.4, 0.5) is 4.79 Å². The van der Waals surface area contributed by atoms with Crippen molar-refractivity contribution >= 4 is 11.9 Å². The third kappa shape index (κ3) is 3.82. The number of carbonyl (C=O) groups is 2. The van der Waals surface area contributed by atoms with E-state index in [-0.39, 0.29) is 11.3 Å². The molecule has 114 valence electrons. The van der Waals surface area contributed by atoms with Crippen LogP contribution in [0.3, 0.4) is 0 Å². The van der Waals surface area contributed by atoms with Crippen molar-refractivity contribution in [3.63, 3.8) is 0 Å². The predicted molar refractivity (Wildman–Crippen MR) is 81.8 cm³/mol. The van der Waals surface area contributed by atoms with E-state index in [4.69, 9.17) is 5.73 Å². The zero-order valence-corrected chi connectivity index (χ0v) is 12.4. The number of rotatable bonds is 5. The first-order chi connectivity index (χ1) is 10.0. The van der Waals surface area contributed by atoms with E-state index >= 15 is 0 Å². The molecule has 0 radical (unpaired) electrons. The topological polar surface area (TPSA) is 84.2 Å². The van der Waals surface area contributed by atoms with E-state index < -0.39 is 12.1 Å². The maximum absolute atomic E-state index is 11.7. The van der Waals surface area contributed by atoms with Gasteiger partial charge in [-0.3, -0.25) is 10.1 Å². The average molecular weight is 289 g/mol. The number of primary amides is 1. The van der Waals surface area contributed by atoms with Crippen molar-refractivity contribution in [2.24, 2.45) is 5.73 Å². The minimum Gasteiger partial charge on any atom is -0.351 e. The van der Waals surface area contributed by atoms with E-state index in [9.17, 15) is 9.59 Å². The van der Waals surface area contributed by atoms with Gasteiger partial charge in [0.25, 0.3) is 0 Å². The zero-order chi connectivity index (χ0) is 15.3. The van der Waals surface area contributed by atoms with E-state index in [2.05, 4.69) is 34.9 Å². The lowest BCUT2D eigenvalue weighted by Gasteiger charge is -2.31. The fourth-order valence-electron chi connectivity index (χ4n) is 3.08. The Hall–Kier alpha value is -1.88. The van der Waals surface area contributed by atoms with Gasteiger partial charge in [0.2, 0.25) is 5.91 Å². The molecule has 1 aliphatic rings. The predicted octanol–water partition coefficient (Wildman–Crippen LogP) is 1.67. The first-order valence-corrected chi connectivity index (χ1v) is 7.43. The lowest BCUT2D eigenvalue weighted by atomic mass is 9.78. The van der Waals surface area contributed by atoms with Crippen molar-refractivity contribution in [3.8, 4) is 0 Å². The van der Waals surface area contributed by atoms with E-state index in [0.29, 0.717) is 0 Å². The molecule has 1 atom stereocenters. The summed E-state index contributed by atoms with van der Waals surface area (Å²) in [5.41, 5.74) is 6.37. The standard InChI is InChI=1S/C16H23N3O2/c1-12(14(20)19-15(17)21)18-11-16(9-5-6-10-16)13-7-3-2-4-8-13/h2-4,7-8,12,18H,5-6,9-11H2,1H3,(H3,17,19,20,21)/t12-/m1/s1. The van der Waals surface area contributed by atoms with Crippen LogP contribution < -0.4 is 16.4 Å². The monoisotopic (exact) mass is 289 g/mol. The van der Waals surface area contributed by atoms with Gasteiger partial charge >= 0.3 is 6.03 Å². The van der Waals surface area contributed by atoms with Crippen LogP contribution in [0.5, 0.6) is 0 Å². The lowest BCUT2D eigenvalue weighted by molar-refractivity contribution is -0.121. The molecular weight excluding hydrogens is 266 g/mol. The maximum Gasteiger partial charge on any atom is 0.318 e. The second-order valence-corrected chi connectivity index (χ2v) is 5.81. The molecule has 0 heterocycles. The van der Waals surface area contributed by atoms with Crippen LogP contribution in [0, 0.1) is 0 Å². The van der Waals surface area contributed by atoms with Gasteiger partial charge in [-0.2, -0.15) is 0 Å². The largest absolute Gasteiger partial charge is 0.351 e. The average Bonchev–Trinajstić information content (AvgIpc) is 2.95. The summed E-state index contributed by atoms with van der Waals surface area (Å²) in [6, 6.07) is 9.17. The molecule has 5 heteroatoms. The van der Waals surface area contributed by atoms with Gasteiger partial charge in [-0.1, -0.05) is 43.2 Å². The number of hydrogen-bond donors (Lipinski definition) is 3. The minimum atomic E-state index is -0.813. The van der Waals surface area contributed by atoms with Crippen molar-refractivity contribution in [2.75, 3.05) is 6.54 Å². The molecule has 1 aromatic rings. The van der Waals surface area contributed by atoms with Crippen molar-refractivity contribution < 1.29 is 9.59 Å². The van der Waals surface area contributed by atoms with Gasteiger partial charge in [-0.25, -0.2) is 4.79 Å². The van der Waals surface area contributed by atoms with Crippen LogP contribution in [0.2, 0.25) is 0 Å². The van der Waals surface area contributed by atoms with Gasteiger partial charge in [0, 0.05) is 12.0 Å². The summed E-state index contributed by atoms with van der Waals surface area (Å²) in [4.78, 5) is 22.4. The van der Waals surface area contributed by atoms with Crippen molar-refractivity contribution in [1.82, 2.24) is 10.6 Å². The molecule has 1 fully saturated rings. The molecule has 0 aliphatic heterocycles. The Morgan fingerprint density at radius 1 is 1.24 bits per heavy atom. The first kappa shape index (κ1) is 15.5. The van der Waals surface area contributed by atoms with E-state index in [0.717, 1.165) is 19.4 Å². The second-order valence-electron chi connectivity index (χ2n) is 5.81. The van der Waals surface area contributed by atoms with E-state index in [1.807, 2.05) is 6.07 Å². The van der Waals surface area contributed by atoms with Gasteiger partial charge in [0.15, 0.2) is 0 Å². The van der Waals surface area contributed by atoms with Crippen LogP contribution in [0.25, 0.3) is 0 Å². The highest BCUT2D eigenvalue weighted by atomic mass is 16.2. The van der Waals surface area contributed by atoms with Gasteiger partial charge < -0.3 is 11.1 Å². The molecule has 1 saturated carbocycles. The second kappa shape index (κ2) is 6.72. The smallest absolute Gasteiger partial charge is 0.318 e. The van der Waals surface area contributed by atoms with E-state index in [1.54, 1.807) is 6.92 Å². The number of nitrogens with one attached hydrogen (secondary N) is 2. The van der Waals surface area contributed by atoms with Gasteiger partial charge in [0.05, 0.1) is 6.04 Å². The minimum absolute atomic E-state index is 0.0858. The molecular formula is C16H23N3O2. The molecule has 2 rings (SSSR count). The van der Waals surface area contributed by atoms with Gasteiger partial charge in [-0.15, -0.1) is 0 Å². The molecule has 0 bridgehead atoms. The van der Waals surface area contributed by atoms with Crippen LogP contribution in [-0.4, -0.2) is 24.5 Å². The van der Waals surface area contributed by atoms with Gasteiger partial charge in [-0.05, 0) is 25.3 Å². The molecule has 21 heavy (non-hydrogen) atoms. The van der Waals surface area contributed by atoms with Crippen LogP contribution in [-0.2, 0) is 10.2 Å². The Bertz CT molecular complexity index is 496. The Labute approximate surface area is 125 Å². The van der Waals surface area contributed by atoms with Crippen LogP contribution in [0.15, 0.2) is 30.3 Å². The molecule has 0 spiro atoms. The normalized spacial score (nSPS) is 18.1. The van der Waals surface area contributed by atoms with Crippen molar-refractivity contribution in [3.05, 3.63) is 35.9 Å². The summed E-state index contributed by atoms with van der Waals surface area (Å²) >= 11 is 0. The number of hydrogen-bond acceptors (Lipinski definition) is 3. The van der Waals surface area contributed by atoms with Crippen LogP contribution >= 0.6 is 0 Å². The van der Waals surface area contributed by atoms with Crippen molar-refractivity contribution in [2.45, 2.75) is 44.1 Å². The lowest BCUT2D eigenvalue weighted by Crippen LogP contribution is -2.49. The Kier molecular flexibility index (Phi) is 4.96. The quantitative estimate of drug-likeness (QED) is 0.771. The van der Waals surface area contributed by atoms with Crippen molar-refractivity contribution in [1.29, 1.82) is 0 Å². The summed E-state index contributed by atoms with van der Waals surface area (Å²) in [6.07, 6.45) is 4.65. The number of urea groups is 1. The SMILES string of the molecule is C[C@@H](NCC1(c2ccccc2)CCCC1)C(=O)NC(N)=O. The zero-order valence-electron chi connectivity index (χ0n) is 12.4. The van der Waals surface area contributed by atoms with Crippen LogP contribution in [0.1, 0.15) is 38.2 Å². The fourth-order valence-corrected chi connectivity index (χ4v) is 3.08. The molecule has 0 aromatic heterocycles. The van der Waals surface area contributed by atoms with E-state index in [1.165, 1.54) is 18.4 Å². The summed E-state index contributed by atoms with van der Waals surface area (Å²) in [5, 5.41) is 5.36. The van der Waals surface area contributed by atoms with Gasteiger partial charge in [0.1, 0.15) is 0 Å². The highest BCUT2D eigenvalue weighted by Crippen LogP contribution is 2.40. The molecule has 1 aromatic carbocycles. The maximum atomic E-state index is 11.7. The number of benzene rings is 1. The molecule has 0 saturated heterocycles.